The van der Waals surface area contributed by atoms with Gasteiger partial charge in [0.1, 0.15) is 11.5 Å². The van der Waals surface area contributed by atoms with Gasteiger partial charge in [-0.05, 0) is 62.1 Å². The fourth-order valence-corrected chi connectivity index (χ4v) is 4.27. The van der Waals surface area contributed by atoms with E-state index >= 15 is 0 Å². The molecule has 26 heavy (non-hydrogen) atoms. The predicted octanol–water partition coefficient (Wildman–Crippen LogP) is 6.97. The summed E-state index contributed by atoms with van der Waals surface area (Å²) in [5.41, 5.74) is 4.08. The van der Waals surface area contributed by atoms with Gasteiger partial charge in [0.2, 0.25) is 0 Å². The Morgan fingerprint density at radius 2 is 1.81 bits per heavy atom. The van der Waals surface area contributed by atoms with Gasteiger partial charge in [-0.2, -0.15) is 0 Å². The Hall–Kier alpha value is -1.70. The standard InChI is InChI=1S/C24H36O2/c1-7-8-9-12-24(5,6)18-14-21(25)23(22(26)15-18)20-13-17(4)10-11-19(20)16(2)3/h10,14-15,19-20,25-26H,2,7-9,11-13H2,1,3-6H3/t19-,20+/m0/s1. The molecule has 0 saturated carbocycles. The van der Waals surface area contributed by atoms with E-state index in [2.05, 4.69) is 40.3 Å². The molecule has 0 unspecified atom stereocenters. The number of phenols is 2. The van der Waals surface area contributed by atoms with Gasteiger partial charge in [0.25, 0.3) is 0 Å². The average molecular weight is 357 g/mol. The first kappa shape index (κ1) is 20.6. The highest BCUT2D eigenvalue weighted by molar-refractivity contribution is 5.52. The topological polar surface area (TPSA) is 40.5 Å². The van der Waals surface area contributed by atoms with Crippen LogP contribution in [0.2, 0.25) is 0 Å². The highest BCUT2D eigenvalue weighted by Gasteiger charge is 2.32. The lowest BCUT2D eigenvalue weighted by atomic mass is 9.71. The van der Waals surface area contributed by atoms with Gasteiger partial charge < -0.3 is 10.2 Å². The number of unbranched alkanes of at least 4 members (excludes halogenated alkanes) is 2. The van der Waals surface area contributed by atoms with Crippen LogP contribution in [0.5, 0.6) is 11.5 Å². The van der Waals surface area contributed by atoms with Crippen molar-refractivity contribution in [2.75, 3.05) is 0 Å². The van der Waals surface area contributed by atoms with E-state index in [0.717, 1.165) is 36.8 Å². The molecule has 2 rings (SSSR count). The van der Waals surface area contributed by atoms with E-state index in [0.29, 0.717) is 5.56 Å². The van der Waals surface area contributed by atoms with Crippen LogP contribution < -0.4 is 0 Å². The Kier molecular flexibility index (Phi) is 6.60. The van der Waals surface area contributed by atoms with Crippen LogP contribution >= 0.6 is 0 Å². The lowest BCUT2D eigenvalue weighted by Crippen LogP contribution is -2.20. The molecule has 0 radical (unpaired) electrons. The SMILES string of the molecule is C=C(C)[C@@H]1CC=C(C)C[C@H]1c1c(O)cc(C(C)(C)CCCCC)cc1O. The summed E-state index contributed by atoms with van der Waals surface area (Å²) >= 11 is 0. The van der Waals surface area contributed by atoms with E-state index in [1.807, 2.05) is 19.1 Å². The lowest BCUT2D eigenvalue weighted by Gasteiger charge is -2.33. The molecule has 0 amide bonds. The third-order valence-corrected chi connectivity index (χ3v) is 6.07. The van der Waals surface area contributed by atoms with Crippen LogP contribution in [0.1, 0.15) is 90.2 Å². The van der Waals surface area contributed by atoms with Crippen molar-refractivity contribution in [1.82, 2.24) is 0 Å². The van der Waals surface area contributed by atoms with Crippen molar-refractivity contribution >= 4 is 0 Å². The van der Waals surface area contributed by atoms with Gasteiger partial charge in [0.05, 0.1) is 0 Å². The molecule has 1 aromatic carbocycles. The van der Waals surface area contributed by atoms with Crippen molar-refractivity contribution < 1.29 is 10.2 Å². The molecular weight excluding hydrogens is 320 g/mol. The quantitative estimate of drug-likeness (QED) is 0.409. The summed E-state index contributed by atoms with van der Waals surface area (Å²) in [7, 11) is 0. The third kappa shape index (κ3) is 4.52. The first-order valence-corrected chi connectivity index (χ1v) is 10.0. The van der Waals surface area contributed by atoms with E-state index in [1.165, 1.54) is 18.4 Å². The van der Waals surface area contributed by atoms with Crippen LogP contribution in [0.3, 0.4) is 0 Å². The van der Waals surface area contributed by atoms with Crippen LogP contribution in [0.25, 0.3) is 0 Å². The van der Waals surface area contributed by atoms with E-state index in [4.69, 9.17) is 0 Å². The summed E-state index contributed by atoms with van der Waals surface area (Å²) in [6.07, 6.45) is 8.67. The Bertz CT molecular complexity index is 658. The molecule has 144 valence electrons. The van der Waals surface area contributed by atoms with Crippen molar-refractivity contribution in [3.63, 3.8) is 0 Å². The monoisotopic (exact) mass is 356 g/mol. The van der Waals surface area contributed by atoms with E-state index in [-0.39, 0.29) is 28.7 Å². The molecule has 0 bridgehead atoms. The van der Waals surface area contributed by atoms with E-state index in [1.54, 1.807) is 0 Å². The van der Waals surface area contributed by atoms with Gasteiger partial charge in [-0.25, -0.2) is 0 Å². The van der Waals surface area contributed by atoms with Gasteiger partial charge >= 0.3 is 0 Å². The summed E-state index contributed by atoms with van der Waals surface area (Å²) in [5, 5.41) is 21.7. The fraction of sp³-hybridized carbons (Fsp3) is 0.583. The number of hydrogen-bond donors (Lipinski definition) is 2. The highest BCUT2D eigenvalue weighted by Crippen LogP contribution is 2.48. The summed E-state index contributed by atoms with van der Waals surface area (Å²) in [6.45, 7) is 14.9. The highest BCUT2D eigenvalue weighted by atomic mass is 16.3. The van der Waals surface area contributed by atoms with Crippen molar-refractivity contribution in [3.05, 3.63) is 47.1 Å². The molecule has 2 nitrogen and oxygen atoms in total. The van der Waals surface area contributed by atoms with E-state index in [9.17, 15) is 10.2 Å². The summed E-state index contributed by atoms with van der Waals surface area (Å²) in [6, 6.07) is 3.76. The van der Waals surface area contributed by atoms with Crippen LogP contribution in [-0.4, -0.2) is 10.2 Å². The molecule has 0 aliphatic heterocycles. The molecule has 2 atom stereocenters. The van der Waals surface area contributed by atoms with Gasteiger partial charge in [-0.3, -0.25) is 0 Å². The summed E-state index contributed by atoms with van der Waals surface area (Å²) in [4.78, 5) is 0. The van der Waals surface area contributed by atoms with E-state index < -0.39 is 0 Å². The van der Waals surface area contributed by atoms with Crippen molar-refractivity contribution in [2.24, 2.45) is 5.92 Å². The first-order valence-electron chi connectivity index (χ1n) is 10.0. The summed E-state index contributed by atoms with van der Waals surface area (Å²) < 4.78 is 0. The molecule has 1 aromatic rings. The van der Waals surface area contributed by atoms with Gasteiger partial charge in [-0.15, -0.1) is 0 Å². The third-order valence-electron chi connectivity index (χ3n) is 6.07. The fourth-order valence-electron chi connectivity index (χ4n) is 4.27. The molecule has 0 saturated heterocycles. The van der Waals surface area contributed by atoms with Crippen LogP contribution in [0.4, 0.5) is 0 Å². The number of phenolic OH excluding ortho intramolecular Hbond substituents is 2. The maximum absolute atomic E-state index is 10.8. The molecule has 0 heterocycles. The Morgan fingerprint density at radius 1 is 1.19 bits per heavy atom. The molecule has 0 aromatic heterocycles. The van der Waals surface area contributed by atoms with Gasteiger partial charge in [0, 0.05) is 11.5 Å². The Labute approximate surface area is 159 Å². The minimum Gasteiger partial charge on any atom is -0.508 e. The van der Waals surface area contributed by atoms with Crippen molar-refractivity contribution in [3.8, 4) is 11.5 Å². The minimum absolute atomic E-state index is 0.0567. The molecule has 0 fully saturated rings. The number of rotatable bonds is 7. The molecule has 1 aliphatic rings. The molecule has 2 heteroatoms. The maximum Gasteiger partial charge on any atom is 0.123 e. The molecule has 2 N–H and O–H groups in total. The van der Waals surface area contributed by atoms with Gasteiger partial charge in [-0.1, -0.05) is 63.8 Å². The second-order valence-corrected chi connectivity index (χ2v) is 8.82. The number of aromatic hydroxyl groups is 2. The van der Waals surface area contributed by atoms with Gasteiger partial charge in [0.15, 0.2) is 0 Å². The zero-order chi connectivity index (χ0) is 19.5. The Balaban J connectivity index is 2.37. The summed E-state index contributed by atoms with van der Waals surface area (Å²) in [5.74, 6) is 0.817. The second-order valence-electron chi connectivity index (χ2n) is 8.82. The largest absolute Gasteiger partial charge is 0.508 e. The number of allylic oxidation sites excluding steroid dienone is 3. The van der Waals surface area contributed by atoms with Crippen LogP contribution in [0.15, 0.2) is 35.9 Å². The second kappa shape index (κ2) is 8.33. The number of hydrogen-bond acceptors (Lipinski definition) is 2. The molecule has 1 aliphatic carbocycles. The molecule has 0 spiro atoms. The smallest absolute Gasteiger partial charge is 0.123 e. The lowest BCUT2D eigenvalue weighted by molar-refractivity contribution is 0.385. The van der Waals surface area contributed by atoms with Crippen LogP contribution in [-0.2, 0) is 5.41 Å². The van der Waals surface area contributed by atoms with Crippen LogP contribution in [0, 0.1) is 5.92 Å². The predicted molar refractivity (Wildman–Crippen MR) is 111 cm³/mol. The number of benzene rings is 1. The zero-order valence-corrected chi connectivity index (χ0v) is 17.2. The minimum atomic E-state index is -0.0567. The normalized spacial score (nSPS) is 20.7. The Morgan fingerprint density at radius 3 is 2.35 bits per heavy atom. The zero-order valence-electron chi connectivity index (χ0n) is 17.2. The van der Waals surface area contributed by atoms with Crippen molar-refractivity contribution in [1.29, 1.82) is 0 Å². The van der Waals surface area contributed by atoms with Crippen molar-refractivity contribution in [2.45, 2.75) is 84.5 Å². The average Bonchev–Trinajstić information content (AvgIpc) is 2.54. The molecular formula is C24H36O2. The maximum atomic E-state index is 10.8. The first-order chi connectivity index (χ1) is 12.2.